The first-order chi connectivity index (χ1) is 8.49. The van der Waals surface area contributed by atoms with E-state index < -0.39 is 5.82 Å². The van der Waals surface area contributed by atoms with E-state index in [0.717, 1.165) is 0 Å². The van der Waals surface area contributed by atoms with Crippen molar-refractivity contribution in [2.24, 2.45) is 0 Å². The van der Waals surface area contributed by atoms with Gasteiger partial charge in [0.05, 0.1) is 25.3 Å². The first-order valence-corrected chi connectivity index (χ1v) is 6.65. The van der Waals surface area contributed by atoms with E-state index in [1.165, 1.54) is 12.1 Å². The Kier molecular flexibility index (Phi) is 4.02. The Bertz CT molecular complexity index is 436. The van der Waals surface area contributed by atoms with Gasteiger partial charge in [0.1, 0.15) is 5.82 Å². The van der Waals surface area contributed by atoms with Crippen molar-refractivity contribution in [3.8, 4) is 0 Å². The maximum absolute atomic E-state index is 13.3. The van der Waals surface area contributed by atoms with Crippen LogP contribution >= 0.6 is 15.9 Å². The molecule has 1 aliphatic rings. The van der Waals surface area contributed by atoms with E-state index in [0.29, 0.717) is 23.2 Å². The number of rotatable bonds is 1. The molecule has 1 saturated heterocycles. The summed E-state index contributed by atoms with van der Waals surface area (Å²) in [6.07, 6.45) is 0. The van der Waals surface area contributed by atoms with Crippen LogP contribution in [0.3, 0.4) is 0 Å². The van der Waals surface area contributed by atoms with Crippen molar-refractivity contribution >= 4 is 21.8 Å². The van der Waals surface area contributed by atoms with Crippen LogP contribution in [0.1, 0.15) is 24.2 Å². The van der Waals surface area contributed by atoms with Gasteiger partial charge in [-0.3, -0.25) is 4.79 Å². The maximum atomic E-state index is 13.3. The zero-order valence-corrected chi connectivity index (χ0v) is 11.9. The lowest BCUT2D eigenvalue weighted by Gasteiger charge is -2.38. The molecule has 1 amide bonds. The van der Waals surface area contributed by atoms with Crippen LogP contribution < -0.4 is 0 Å². The van der Waals surface area contributed by atoms with E-state index in [-0.39, 0.29) is 18.0 Å². The monoisotopic (exact) mass is 315 g/mol. The fourth-order valence-corrected chi connectivity index (χ4v) is 2.70. The molecule has 98 valence electrons. The number of carbonyl (C=O) groups excluding carboxylic acids is 1. The van der Waals surface area contributed by atoms with Gasteiger partial charge in [-0.1, -0.05) is 15.9 Å². The zero-order chi connectivity index (χ0) is 13.3. The minimum Gasteiger partial charge on any atom is -0.377 e. The summed E-state index contributed by atoms with van der Waals surface area (Å²) in [7, 11) is 0. The first-order valence-electron chi connectivity index (χ1n) is 5.85. The van der Waals surface area contributed by atoms with Gasteiger partial charge in [-0.15, -0.1) is 0 Å². The SMILES string of the molecule is CC1COCC(C)N1C(=O)c1cc(F)cc(Br)c1. The Labute approximate surface area is 114 Å². The second kappa shape index (κ2) is 5.36. The van der Waals surface area contributed by atoms with E-state index in [1.54, 1.807) is 11.0 Å². The summed E-state index contributed by atoms with van der Waals surface area (Å²) in [5.74, 6) is -0.570. The van der Waals surface area contributed by atoms with Gasteiger partial charge in [0.25, 0.3) is 5.91 Å². The van der Waals surface area contributed by atoms with Crippen molar-refractivity contribution in [2.75, 3.05) is 13.2 Å². The molecule has 0 aromatic heterocycles. The Hall–Kier alpha value is -0.940. The molecule has 2 atom stereocenters. The Balaban J connectivity index is 2.29. The molecule has 1 fully saturated rings. The van der Waals surface area contributed by atoms with Gasteiger partial charge in [-0.25, -0.2) is 4.39 Å². The molecular formula is C13H15BrFNO2. The number of ether oxygens (including phenoxy) is 1. The summed E-state index contributed by atoms with van der Waals surface area (Å²) in [5, 5.41) is 0. The molecule has 0 N–H and O–H groups in total. The van der Waals surface area contributed by atoms with Crippen molar-refractivity contribution < 1.29 is 13.9 Å². The lowest BCUT2D eigenvalue weighted by atomic mass is 10.1. The highest BCUT2D eigenvalue weighted by Crippen LogP contribution is 2.20. The molecule has 0 saturated carbocycles. The van der Waals surface area contributed by atoms with E-state index >= 15 is 0 Å². The maximum Gasteiger partial charge on any atom is 0.254 e. The van der Waals surface area contributed by atoms with Gasteiger partial charge in [-0.05, 0) is 32.0 Å². The molecule has 3 nitrogen and oxygen atoms in total. The largest absolute Gasteiger partial charge is 0.377 e. The Morgan fingerprint density at radius 3 is 2.50 bits per heavy atom. The average Bonchev–Trinajstić information content (AvgIpc) is 2.27. The summed E-state index contributed by atoms with van der Waals surface area (Å²) in [5.41, 5.74) is 0.363. The number of hydrogen-bond donors (Lipinski definition) is 0. The molecule has 2 rings (SSSR count). The second-order valence-electron chi connectivity index (χ2n) is 4.61. The van der Waals surface area contributed by atoms with Crippen LogP contribution in [-0.2, 0) is 4.74 Å². The number of morpholine rings is 1. The van der Waals surface area contributed by atoms with Crippen LogP contribution in [0.5, 0.6) is 0 Å². The second-order valence-corrected chi connectivity index (χ2v) is 5.52. The first kappa shape index (κ1) is 13.5. The van der Waals surface area contributed by atoms with Crippen LogP contribution in [0, 0.1) is 5.82 Å². The molecule has 1 aromatic carbocycles. The number of benzene rings is 1. The van der Waals surface area contributed by atoms with Crippen molar-refractivity contribution in [1.82, 2.24) is 4.90 Å². The molecule has 1 heterocycles. The number of halogens is 2. The summed E-state index contributed by atoms with van der Waals surface area (Å²) < 4.78 is 19.3. The van der Waals surface area contributed by atoms with Crippen LogP contribution in [0.25, 0.3) is 0 Å². The molecule has 0 bridgehead atoms. The molecule has 2 unspecified atom stereocenters. The van der Waals surface area contributed by atoms with E-state index in [2.05, 4.69) is 15.9 Å². The normalized spacial score (nSPS) is 24.1. The molecule has 0 radical (unpaired) electrons. The van der Waals surface area contributed by atoms with Crippen LogP contribution in [-0.4, -0.2) is 36.1 Å². The fraction of sp³-hybridized carbons (Fsp3) is 0.462. The molecule has 0 spiro atoms. The number of amides is 1. The van der Waals surface area contributed by atoms with E-state index in [1.807, 2.05) is 13.8 Å². The van der Waals surface area contributed by atoms with Gasteiger partial charge in [0, 0.05) is 10.0 Å². The molecule has 1 aliphatic heterocycles. The number of nitrogens with zero attached hydrogens (tertiary/aromatic N) is 1. The van der Waals surface area contributed by atoms with Gasteiger partial charge in [-0.2, -0.15) is 0 Å². The Morgan fingerprint density at radius 2 is 1.94 bits per heavy atom. The summed E-state index contributed by atoms with van der Waals surface area (Å²) in [4.78, 5) is 14.2. The third-order valence-electron chi connectivity index (χ3n) is 3.01. The third kappa shape index (κ3) is 2.72. The number of hydrogen-bond acceptors (Lipinski definition) is 2. The van der Waals surface area contributed by atoms with Crippen molar-refractivity contribution in [3.05, 3.63) is 34.1 Å². The average molecular weight is 316 g/mol. The standard InChI is InChI=1S/C13H15BrFNO2/c1-8-6-18-7-9(2)16(8)13(17)10-3-11(14)5-12(15)4-10/h3-5,8-9H,6-7H2,1-2H3. The topological polar surface area (TPSA) is 29.5 Å². The fourth-order valence-electron chi connectivity index (χ4n) is 2.23. The quantitative estimate of drug-likeness (QED) is 0.797. The van der Waals surface area contributed by atoms with Crippen LogP contribution in [0.4, 0.5) is 4.39 Å². The van der Waals surface area contributed by atoms with Crippen molar-refractivity contribution in [1.29, 1.82) is 0 Å². The molecule has 5 heteroatoms. The molecular weight excluding hydrogens is 301 g/mol. The summed E-state index contributed by atoms with van der Waals surface area (Å²) >= 11 is 3.20. The zero-order valence-electron chi connectivity index (χ0n) is 10.3. The van der Waals surface area contributed by atoms with Crippen LogP contribution in [0.15, 0.2) is 22.7 Å². The summed E-state index contributed by atoms with van der Waals surface area (Å²) in [6.45, 7) is 4.91. The Morgan fingerprint density at radius 1 is 1.33 bits per heavy atom. The highest BCUT2D eigenvalue weighted by molar-refractivity contribution is 9.10. The highest BCUT2D eigenvalue weighted by Gasteiger charge is 2.30. The predicted octanol–water partition coefficient (Wildman–Crippen LogP) is 2.84. The molecule has 18 heavy (non-hydrogen) atoms. The summed E-state index contributed by atoms with van der Waals surface area (Å²) in [6, 6.07) is 4.25. The highest BCUT2D eigenvalue weighted by atomic mass is 79.9. The van der Waals surface area contributed by atoms with Gasteiger partial charge < -0.3 is 9.64 Å². The van der Waals surface area contributed by atoms with Crippen LogP contribution in [0.2, 0.25) is 0 Å². The molecule has 0 aliphatic carbocycles. The molecule has 1 aromatic rings. The lowest BCUT2D eigenvalue weighted by molar-refractivity contribution is -0.0249. The predicted molar refractivity (Wildman–Crippen MR) is 70.0 cm³/mol. The van der Waals surface area contributed by atoms with Gasteiger partial charge >= 0.3 is 0 Å². The third-order valence-corrected chi connectivity index (χ3v) is 3.47. The lowest BCUT2D eigenvalue weighted by Crippen LogP contribution is -2.52. The van der Waals surface area contributed by atoms with E-state index in [9.17, 15) is 9.18 Å². The smallest absolute Gasteiger partial charge is 0.254 e. The van der Waals surface area contributed by atoms with Crippen molar-refractivity contribution in [3.63, 3.8) is 0 Å². The van der Waals surface area contributed by atoms with Crippen molar-refractivity contribution in [2.45, 2.75) is 25.9 Å². The van der Waals surface area contributed by atoms with E-state index in [4.69, 9.17) is 4.74 Å². The number of carbonyl (C=O) groups is 1. The minimum atomic E-state index is -0.415. The van der Waals surface area contributed by atoms with Gasteiger partial charge in [0.2, 0.25) is 0 Å². The van der Waals surface area contributed by atoms with Gasteiger partial charge in [0.15, 0.2) is 0 Å². The minimum absolute atomic E-state index is 0.00305.